The highest BCUT2D eigenvalue weighted by molar-refractivity contribution is 4.87. The zero-order chi connectivity index (χ0) is 12.7. The van der Waals surface area contributed by atoms with Crippen molar-refractivity contribution in [3.63, 3.8) is 0 Å². The molecule has 1 heterocycles. The third kappa shape index (κ3) is 4.22. The lowest BCUT2D eigenvalue weighted by atomic mass is 9.93. The van der Waals surface area contributed by atoms with Gasteiger partial charge in [-0.3, -0.25) is 0 Å². The van der Waals surface area contributed by atoms with Crippen LogP contribution in [0, 0.1) is 0 Å². The van der Waals surface area contributed by atoms with E-state index >= 15 is 0 Å². The van der Waals surface area contributed by atoms with Crippen molar-refractivity contribution in [1.82, 2.24) is 5.32 Å². The number of ether oxygens (including phenoxy) is 2. The van der Waals surface area contributed by atoms with Crippen LogP contribution in [0.25, 0.3) is 0 Å². The molecule has 3 heteroatoms. The van der Waals surface area contributed by atoms with Crippen LogP contribution in [0.5, 0.6) is 0 Å². The number of nitrogens with one attached hydrogen (secondary N) is 1. The lowest BCUT2D eigenvalue weighted by Crippen LogP contribution is -2.45. The highest BCUT2D eigenvalue weighted by atomic mass is 16.6. The van der Waals surface area contributed by atoms with Gasteiger partial charge >= 0.3 is 0 Å². The first-order valence-electron chi connectivity index (χ1n) is 7.81. The molecule has 0 radical (unpaired) electrons. The minimum absolute atomic E-state index is 0.0873. The summed E-state index contributed by atoms with van der Waals surface area (Å²) in [6, 6.07) is 0. The molecule has 0 amide bonds. The number of hydrogen-bond donors (Lipinski definition) is 1. The predicted octanol–water partition coefficient (Wildman–Crippen LogP) is 2.88. The number of rotatable bonds is 6. The first-order chi connectivity index (χ1) is 8.85. The van der Waals surface area contributed by atoms with Crippen molar-refractivity contribution in [2.24, 2.45) is 0 Å². The van der Waals surface area contributed by atoms with E-state index in [0.717, 1.165) is 32.7 Å². The molecule has 0 aromatic heterocycles. The molecule has 1 N–H and O–H groups in total. The summed E-state index contributed by atoms with van der Waals surface area (Å²) in [5.41, 5.74) is 0.0873. The summed E-state index contributed by atoms with van der Waals surface area (Å²) in [5, 5.41) is 3.58. The van der Waals surface area contributed by atoms with Gasteiger partial charge in [-0.05, 0) is 32.2 Å². The molecular weight excluding hydrogens is 226 g/mol. The minimum atomic E-state index is 0.0873. The van der Waals surface area contributed by atoms with Gasteiger partial charge in [-0.1, -0.05) is 32.6 Å². The Hall–Kier alpha value is -0.120. The van der Waals surface area contributed by atoms with Crippen LogP contribution in [0.1, 0.15) is 58.3 Å². The maximum Gasteiger partial charge on any atom is 0.0838 e. The molecular formula is C15H29NO2. The van der Waals surface area contributed by atoms with Crippen molar-refractivity contribution in [3.8, 4) is 0 Å². The van der Waals surface area contributed by atoms with Gasteiger partial charge in [-0.2, -0.15) is 0 Å². The van der Waals surface area contributed by atoms with Gasteiger partial charge < -0.3 is 14.8 Å². The van der Waals surface area contributed by atoms with Crippen molar-refractivity contribution in [1.29, 1.82) is 0 Å². The monoisotopic (exact) mass is 255 g/mol. The summed E-state index contributed by atoms with van der Waals surface area (Å²) < 4.78 is 11.9. The summed E-state index contributed by atoms with van der Waals surface area (Å²) in [5.74, 6) is 0. The van der Waals surface area contributed by atoms with Gasteiger partial charge in [0.15, 0.2) is 0 Å². The van der Waals surface area contributed by atoms with Crippen molar-refractivity contribution in [2.45, 2.75) is 70.0 Å². The van der Waals surface area contributed by atoms with Gasteiger partial charge in [0.05, 0.1) is 18.3 Å². The second-order valence-corrected chi connectivity index (χ2v) is 5.88. The Balaban J connectivity index is 1.90. The molecule has 1 aliphatic heterocycles. The van der Waals surface area contributed by atoms with Crippen molar-refractivity contribution >= 4 is 0 Å². The van der Waals surface area contributed by atoms with E-state index in [1.807, 2.05) is 0 Å². The van der Waals surface area contributed by atoms with Crippen LogP contribution in [0.2, 0.25) is 0 Å². The standard InChI is InChI=1S/C15H29NO2/c1-2-10-16-13-15(8-5-3-4-6-9-15)18-14-7-11-17-12-14/h14,16H,2-13H2,1H3. The fourth-order valence-electron chi connectivity index (χ4n) is 3.16. The first kappa shape index (κ1) is 14.3. The number of hydrogen-bond acceptors (Lipinski definition) is 3. The smallest absolute Gasteiger partial charge is 0.0838 e. The Morgan fingerprint density at radius 2 is 2.00 bits per heavy atom. The van der Waals surface area contributed by atoms with E-state index in [2.05, 4.69) is 12.2 Å². The second-order valence-electron chi connectivity index (χ2n) is 5.88. The molecule has 2 fully saturated rings. The van der Waals surface area contributed by atoms with Crippen LogP contribution in [0.15, 0.2) is 0 Å². The van der Waals surface area contributed by atoms with Crippen LogP contribution in [-0.2, 0) is 9.47 Å². The van der Waals surface area contributed by atoms with E-state index in [0.29, 0.717) is 6.10 Å². The highest BCUT2D eigenvalue weighted by Crippen LogP contribution is 2.32. The summed E-state index contributed by atoms with van der Waals surface area (Å²) in [6.45, 7) is 6.03. The quantitative estimate of drug-likeness (QED) is 0.585. The first-order valence-corrected chi connectivity index (χ1v) is 7.81. The molecule has 2 aliphatic rings. The molecule has 18 heavy (non-hydrogen) atoms. The van der Waals surface area contributed by atoms with Crippen LogP contribution >= 0.6 is 0 Å². The Labute approximate surface area is 112 Å². The van der Waals surface area contributed by atoms with Gasteiger partial charge in [0.1, 0.15) is 0 Å². The lowest BCUT2D eigenvalue weighted by molar-refractivity contribution is -0.101. The second kappa shape index (κ2) is 7.46. The van der Waals surface area contributed by atoms with Gasteiger partial charge in [-0.15, -0.1) is 0 Å². The van der Waals surface area contributed by atoms with Crippen LogP contribution in [0.4, 0.5) is 0 Å². The molecule has 0 aromatic rings. The summed E-state index contributed by atoms with van der Waals surface area (Å²) in [4.78, 5) is 0. The molecule has 2 rings (SSSR count). The molecule has 3 nitrogen and oxygen atoms in total. The predicted molar refractivity (Wildman–Crippen MR) is 73.9 cm³/mol. The van der Waals surface area contributed by atoms with E-state index in [1.165, 1.54) is 44.9 Å². The van der Waals surface area contributed by atoms with Crippen LogP contribution < -0.4 is 5.32 Å². The summed E-state index contributed by atoms with van der Waals surface area (Å²) in [7, 11) is 0. The van der Waals surface area contributed by atoms with Crippen molar-refractivity contribution < 1.29 is 9.47 Å². The zero-order valence-electron chi connectivity index (χ0n) is 11.9. The summed E-state index contributed by atoms with van der Waals surface area (Å²) in [6.07, 6.45) is 10.5. The average Bonchev–Trinajstić information content (AvgIpc) is 2.76. The molecule has 1 saturated carbocycles. The Morgan fingerprint density at radius 1 is 1.22 bits per heavy atom. The van der Waals surface area contributed by atoms with E-state index in [9.17, 15) is 0 Å². The molecule has 106 valence electrons. The minimum Gasteiger partial charge on any atom is -0.379 e. The van der Waals surface area contributed by atoms with Gasteiger partial charge in [-0.25, -0.2) is 0 Å². The van der Waals surface area contributed by atoms with Crippen molar-refractivity contribution in [2.75, 3.05) is 26.3 Å². The zero-order valence-corrected chi connectivity index (χ0v) is 11.9. The van der Waals surface area contributed by atoms with E-state index in [1.54, 1.807) is 0 Å². The van der Waals surface area contributed by atoms with Crippen LogP contribution in [-0.4, -0.2) is 38.0 Å². The average molecular weight is 255 g/mol. The molecule has 0 bridgehead atoms. The Bertz CT molecular complexity index is 219. The molecule has 0 aromatic carbocycles. The van der Waals surface area contributed by atoms with Crippen LogP contribution in [0.3, 0.4) is 0 Å². The third-order valence-corrected chi connectivity index (χ3v) is 4.19. The maximum atomic E-state index is 6.48. The Morgan fingerprint density at radius 3 is 2.61 bits per heavy atom. The van der Waals surface area contributed by atoms with Crippen molar-refractivity contribution in [3.05, 3.63) is 0 Å². The van der Waals surface area contributed by atoms with E-state index < -0.39 is 0 Å². The van der Waals surface area contributed by atoms with Gasteiger partial charge in [0.2, 0.25) is 0 Å². The highest BCUT2D eigenvalue weighted by Gasteiger charge is 2.35. The molecule has 0 spiro atoms. The molecule has 1 saturated heterocycles. The maximum absolute atomic E-state index is 6.48. The molecule has 1 atom stereocenters. The topological polar surface area (TPSA) is 30.5 Å². The van der Waals surface area contributed by atoms with E-state index in [4.69, 9.17) is 9.47 Å². The third-order valence-electron chi connectivity index (χ3n) is 4.19. The lowest BCUT2D eigenvalue weighted by Gasteiger charge is -2.35. The SMILES string of the molecule is CCCNCC1(OC2CCOC2)CCCCCC1. The Kier molecular flexibility index (Phi) is 5.93. The normalized spacial score (nSPS) is 28.2. The van der Waals surface area contributed by atoms with Gasteiger partial charge in [0.25, 0.3) is 0 Å². The van der Waals surface area contributed by atoms with Gasteiger partial charge in [0, 0.05) is 13.2 Å². The largest absolute Gasteiger partial charge is 0.379 e. The molecule has 1 aliphatic carbocycles. The fourth-order valence-corrected chi connectivity index (χ4v) is 3.16. The summed E-state index contributed by atoms with van der Waals surface area (Å²) >= 11 is 0. The molecule has 1 unspecified atom stereocenters. The fraction of sp³-hybridized carbons (Fsp3) is 1.00. The van der Waals surface area contributed by atoms with E-state index in [-0.39, 0.29) is 5.60 Å².